The van der Waals surface area contributed by atoms with Crippen molar-refractivity contribution in [3.8, 4) is 5.75 Å². The van der Waals surface area contributed by atoms with E-state index < -0.39 is 0 Å². The zero-order valence-corrected chi connectivity index (χ0v) is 10.8. The molecule has 0 saturated heterocycles. The summed E-state index contributed by atoms with van der Waals surface area (Å²) in [5.74, 6) is 1.00. The van der Waals surface area contributed by atoms with Gasteiger partial charge >= 0.3 is 0 Å². The Bertz CT molecular complexity index is 404. The van der Waals surface area contributed by atoms with Crippen LogP contribution in [0.3, 0.4) is 0 Å². The Hall–Kier alpha value is -1.71. The Kier molecular flexibility index (Phi) is 4.37. The maximum absolute atomic E-state index is 8.65. The molecule has 4 nitrogen and oxygen atoms in total. The molecule has 1 aromatic rings. The van der Waals surface area contributed by atoms with Gasteiger partial charge in [0.1, 0.15) is 5.75 Å². The molecule has 3 N–H and O–H groups in total. The lowest BCUT2D eigenvalue weighted by Crippen LogP contribution is -2.15. The Balaban J connectivity index is 3.11. The summed E-state index contributed by atoms with van der Waals surface area (Å²) < 4.78 is 5.85. The van der Waals surface area contributed by atoms with E-state index in [1.807, 2.05) is 32.9 Å². The average Bonchev–Trinajstić information content (AvgIpc) is 2.32. The van der Waals surface area contributed by atoms with E-state index in [9.17, 15) is 0 Å². The van der Waals surface area contributed by atoms with E-state index in [0.29, 0.717) is 5.56 Å². The maximum atomic E-state index is 8.65. The van der Waals surface area contributed by atoms with E-state index in [1.54, 1.807) is 0 Å². The molecule has 0 aliphatic heterocycles. The van der Waals surface area contributed by atoms with Crippen molar-refractivity contribution in [1.82, 2.24) is 0 Å². The average molecular weight is 236 g/mol. The summed E-state index contributed by atoms with van der Waals surface area (Å²) in [7, 11) is 0. The van der Waals surface area contributed by atoms with Gasteiger partial charge in [0.15, 0.2) is 5.84 Å². The molecule has 94 valence electrons. The largest absolute Gasteiger partial charge is 0.490 e. The monoisotopic (exact) mass is 236 g/mol. The summed E-state index contributed by atoms with van der Waals surface area (Å²) in [6.07, 6.45) is 1.14. The van der Waals surface area contributed by atoms with Crippen LogP contribution in [0.2, 0.25) is 0 Å². The molecular formula is C13H20N2O2. The molecule has 0 amide bonds. The maximum Gasteiger partial charge on any atom is 0.170 e. The van der Waals surface area contributed by atoms with Crippen LogP contribution in [-0.4, -0.2) is 17.1 Å². The van der Waals surface area contributed by atoms with Gasteiger partial charge in [0.2, 0.25) is 0 Å². The third kappa shape index (κ3) is 3.12. The van der Waals surface area contributed by atoms with E-state index in [4.69, 9.17) is 15.7 Å². The first kappa shape index (κ1) is 13.4. The quantitative estimate of drug-likeness (QED) is 0.365. The van der Waals surface area contributed by atoms with Crippen molar-refractivity contribution < 1.29 is 9.94 Å². The molecule has 0 fully saturated rings. The highest BCUT2D eigenvalue weighted by molar-refractivity contribution is 5.97. The molecule has 17 heavy (non-hydrogen) atoms. The summed E-state index contributed by atoms with van der Waals surface area (Å²) in [5, 5.41) is 11.7. The Morgan fingerprint density at radius 1 is 1.41 bits per heavy atom. The molecule has 1 unspecified atom stereocenters. The first-order valence-electron chi connectivity index (χ1n) is 5.75. The van der Waals surface area contributed by atoms with Crippen molar-refractivity contribution in [1.29, 1.82) is 0 Å². The van der Waals surface area contributed by atoms with E-state index in [2.05, 4.69) is 12.1 Å². The lowest BCUT2D eigenvalue weighted by Gasteiger charge is -2.18. The van der Waals surface area contributed by atoms with Crippen LogP contribution in [0.1, 0.15) is 37.0 Å². The minimum atomic E-state index is 0.117. The van der Waals surface area contributed by atoms with Gasteiger partial charge in [0.05, 0.1) is 6.10 Å². The molecule has 0 bridgehead atoms. The molecule has 0 spiro atoms. The van der Waals surface area contributed by atoms with E-state index in [1.165, 1.54) is 0 Å². The van der Waals surface area contributed by atoms with Crippen LogP contribution < -0.4 is 10.5 Å². The summed E-state index contributed by atoms with van der Waals surface area (Å²) in [6.45, 7) is 8.04. The molecule has 0 radical (unpaired) electrons. The van der Waals surface area contributed by atoms with Crippen LogP contribution in [0.5, 0.6) is 5.75 Å². The number of amidine groups is 1. The highest BCUT2D eigenvalue weighted by atomic mass is 16.5. The lowest BCUT2D eigenvalue weighted by atomic mass is 10.0. The standard InChI is InChI=1S/C13H20N2O2/c1-5-10(4)17-12-8(2)6-11(7-9(12)3)13(14)15-16/h6-7,10,16H,5H2,1-4H3,(H2,14,15). The zero-order valence-electron chi connectivity index (χ0n) is 10.8. The molecule has 0 aliphatic rings. The van der Waals surface area contributed by atoms with Crippen LogP contribution in [0.15, 0.2) is 17.3 Å². The number of nitrogens with two attached hydrogens (primary N) is 1. The van der Waals surface area contributed by atoms with Gasteiger partial charge in [-0.1, -0.05) is 12.1 Å². The fourth-order valence-electron chi connectivity index (χ4n) is 1.63. The molecule has 1 rings (SSSR count). The van der Waals surface area contributed by atoms with Gasteiger partial charge in [-0.05, 0) is 50.5 Å². The fraction of sp³-hybridized carbons (Fsp3) is 0.462. The van der Waals surface area contributed by atoms with Gasteiger partial charge in [-0.15, -0.1) is 0 Å². The Morgan fingerprint density at radius 2 is 1.94 bits per heavy atom. The van der Waals surface area contributed by atoms with E-state index in [-0.39, 0.29) is 11.9 Å². The van der Waals surface area contributed by atoms with Crippen LogP contribution in [0.4, 0.5) is 0 Å². The second-order valence-electron chi connectivity index (χ2n) is 4.26. The number of benzene rings is 1. The number of hydrogen-bond donors (Lipinski definition) is 2. The number of hydrogen-bond acceptors (Lipinski definition) is 3. The molecule has 1 atom stereocenters. The van der Waals surface area contributed by atoms with E-state index >= 15 is 0 Å². The second kappa shape index (κ2) is 5.57. The fourth-order valence-corrected chi connectivity index (χ4v) is 1.63. The number of oxime groups is 1. The molecule has 4 heteroatoms. The summed E-state index contributed by atoms with van der Waals surface area (Å²) in [4.78, 5) is 0. The highest BCUT2D eigenvalue weighted by Crippen LogP contribution is 2.26. The third-order valence-corrected chi connectivity index (χ3v) is 2.76. The number of aryl methyl sites for hydroxylation is 2. The topological polar surface area (TPSA) is 67.8 Å². The van der Waals surface area contributed by atoms with Gasteiger partial charge < -0.3 is 15.7 Å². The predicted molar refractivity (Wildman–Crippen MR) is 68.8 cm³/mol. The normalized spacial score (nSPS) is 13.5. The molecule has 0 heterocycles. The van der Waals surface area contributed by atoms with Gasteiger partial charge in [0, 0.05) is 5.56 Å². The highest BCUT2D eigenvalue weighted by Gasteiger charge is 2.11. The van der Waals surface area contributed by atoms with Crippen molar-refractivity contribution in [3.05, 3.63) is 28.8 Å². The van der Waals surface area contributed by atoms with E-state index in [0.717, 1.165) is 23.3 Å². The first-order valence-corrected chi connectivity index (χ1v) is 5.75. The van der Waals surface area contributed by atoms with Crippen LogP contribution >= 0.6 is 0 Å². The predicted octanol–water partition coefficient (Wildman–Crippen LogP) is 2.58. The van der Waals surface area contributed by atoms with Gasteiger partial charge in [-0.3, -0.25) is 0 Å². The minimum Gasteiger partial charge on any atom is -0.490 e. The summed E-state index contributed by atoms with van der Waals surface area (Å²) in [6, 6.07) is 3.72. The molecular weight excluding hydrogens is 216 g/mol. The third-order valence-electron chi connectivity index (χ3n) is 2.76. The Labute approximate surface area is 102 Å². The van der Waals surface area contributed by atoms with Crippen LogP contribution in [0.25, 0.3) is 0 Å². The number of nitrogens with zero attached hydrogens (tertiary/aromatic N) is 1. The number of rotatable bonds is 4. The second-order valence-corrected chi connectivity index (χ2v) is 4.26. The van der Waals surface area contributed by atoms with Crippen molar-refractivity contribution >= 4 is 5.84 Å². The SMILES string of the molecule is CCC(C)Oc1c(C)cc(C(N)=NO)cc1C. The van der Waals surface area contributed by atoms with Gasteiger partial charge in [-0.2, -0.15) is 0 Å². The first-order chi connectivity index (χ1) is 7.99. The summed E-state index contributed by atoms with van der Waals surface area (Å²) in [5.41, 5.74) is 8.26. The lowest BCUT2D eigenvalue weighted by molar-refractivity contribution is 0.214. The molecule has 0 saturated carbocycles. The van der Waals surface area contributed by atoms with Crippen molar-refractivity contribution in [2.75, 3.05) is 0 Å². The van der Waals surface area contributed by atoms with Crippen molar-refractivity contribution in [3.63, 3.8) is 0 Å². The minimum absolute atomic E-state index is 0.117. The van der Waals surface area contributed by atoms with Gasteiger partial charge in [-0.25, -0.2) is 0 Å². The van der Waals surface area contributed by atoms with Crippen molar-refractivity contribution in [2.45, 2.75) is 40.2 Å². The molecule has 0 aliphatic carbocycles. The molecule has 0 aromatic heterocycles. The Morgan fingerprint density at radius 3 is 2.35 bits per heavy atom. The smallest absolute Gasteiger partial charge is 0.170 e. The van der Waals surface area contributed by atoms with Crippen molar-refractivity contribution in [2.24, 2.45) is 10.9 Å². The summed E-state index contributed by atoms with van der Waals surface area (Å²) >= 11 is 0. The van der Waals surface area contributed by atoms with Crippen LogP contribution in [-0.2, 0) is 0 Å². The zero-order chi connectivity index (χ0) is 13.0. The van der Waals surface area contributed by atoms with Crippen LogP contribution in [0, 0.1) is 13.8 Å². The number of ether oxygens (including phenoxy) is 1. The molecule has 1 aromatic carbocycles. The van der Waals surface area contributed by atoms with Gasteiger partial charge in [0.25, 0.3) is 0 Å².